The summed E-state index contributed by atoms with van der Waals surface area (Å²) < 4.78 is 16.5. The van der Waals surface area contributed by atoms with Gasteiger partial charge in [-0.15, -0.1) is 0 Å². The largest absolute Gasteiger partial charge is 0.497 e. The Hall–Kier alpha value is -3.41. The van der Waals surface area contributed by atoms with Gasteiger partial charge >= 0.3 is 5.97 Å². The Morgan fingerprint density at radius 3 is 2.45 bits per heavy atom. The Labute approximate surface area is 194 Å². The molecular formula is C25H29N3O5. The van der Waals surface area contributed by atoms with Gasteiger partial charge < -0.3 is 19.1 Å². The average Bonchev–Trinajstić information content (AvgIpc) is 2.85. The molecule has 3 rings (SSSR count). The zero-order chi connectivity index (χ0) is 23.6. The lowest BCUT2D eigenvalue weighted by atomic mass is 10.1. The second kappa shape index (κ2) is 12.0. The minimum Gasteiger partial charge on any atom is -0.497 e. The number of methoxy groups -OCH3 is 1. The van der Waals surface area contributed by atoms with Crippen molar-refractivity contribution in [1.29, 1.82) is 5.26 Å². The number of rotatable bonds is 9. The van der Waals surface area contributed by atoms with E-state index in [2.05, 4.69) is 11.0 Å². The van der Waals surface area contributed by atoms with Gasteiger partial charge in [-0.05, 0) is 35.4 Å². The first kappa shape index (κ1) is 24.2. The highest BCUT2D eigenvalue weighted by molar-refractivity contribution is 5.80. The van der Waals surface area contributed by atoms with Crippen LogP contribution < -0.4 is 4.74 Å². The van der Waals surface area contributed by atoms with E-state index in [9.17, 15) is 9.59 Å². The second-order valence-electron chi connectivity index (χ2n) is 7.85. The number of hydrogen-bond donors (Lipinski definition) is 0. The molecular weight excluding hydrogens is 422 g/mol. The quantitative estimate of drug-likeness (QED) is 0.541. The predicted molar refractivity (Wildman–Crippen MR) is 121 cm³/mol. The number of nitriles is 1. The van der Waals surface area contributed by atoms with Crippen molar-refractivity contribution in [3.8, 4) is 11.8 Å². The summed E-state index contributed by atoms with van der Waals surface area (Å²) in [4.78, 5) is 27.1. The van der Waals surface area contributed by atoms with E-state index in [0.29, 0.717) is 44.9 Å². The van der Waals surface area contributed by atoms with Crippen molar-refractivity contribution >= 4 is 11.9 Å². The molecule has 2 aromatic carbocycles. The number of nitrogens with zero attached hydrogens (tertiary/aromatic N) is 3. The van der Waals surface area contributed by atoms with Crippen molar-refractivity contribution in [3.63, 3.8) is 0 Å². The third kappa shape index (κ3) is 7.31. The molecule has 174 valence electrons. The Kier molecular flexibility index (Phi) is 8.81. The van der Waals surface area contributed by atoms with Gasteiger partial charge in [-0.1, -0.05) is 24.3 Å². The van der Waals surface area contributed by atoms with Crippen LogP contribution in [0.3, 0.4) is 0 Å². The molecule has 1 aliphatic rings. The molecule has 1 atom stereocenters. The van der Waals surface area contributed by atoms with Gasteiger partial charge in [0.05, 0.1) is 31.5 Å². The first-order valence-electron chi connectivity index (χ1n) is 10.9. The fraction of sp³-hybridized carbons (Fsp3) is 0.400. The lowest BCUT2D eigenvalue weighted by Gasteiger charge is -2.36. The number of carbonyl (C=O) groups is 2. The van der Waals surface area contributed by atoms with E-state index >= 15 is 0 Å². The van der Waals surface area contributed by atoms with Crippen LogP contribution in [-0.4, -0.2) is 68.1 Å². The monoisotopic (exact) mass is 451 g/mol. The molecule has 0 radical (unpaired) electrons. The molecule has 0 aliphatic carbocycles. The molecule has 1 fully saturated rings. The summed E-state index contributed by atoms with van der Waals surface area (Å²) in [5, 5.41) is 8.99. The molecule has 1 aliphatic heterocycles. The standard InChI is InChI=1S/C25H29N3O5/c1-19(29)32-18-25(30)28-12-10-27(11-13-28)16-24(22-4-3-5-23(14-22)31-2)33-17-21-8-6-20(15-26)7-9-21/h3-9,14,24H,10-13,16-18H2,1-2H3/t24-/m1/s1. The maximum absolute atomic E-state index is 12.2. The van der Waals surface area contributed by atoms with Crippen LogP contribution in [-0.2, 0) is 25.7 Å². The second-order valence-corrected chi connectivity index (χ2v) is 7.85. The molecule has 2 aromatic rings. The number of piperazine rings is 1. The lowest BCUT2D eigenvalue weighted by molar-refractivity contribution is -0.151. The van der Waals surface area contributed by atoms with Crippen molar-refractivity contribution in [1.82, 2.24) is 9.80 Å². The Bertz CT molecular complexity index is 978. The predicted octanol–water partition coefficient (Wildman–Crippen LogP) is 2.53. The van der Waals surface area contributed by atoms with Crippen LogP contribution in [0.1, 0.15) is 29.7 Å². The van der Waals surface area contributed by atoms with Crippen LogP contribution >= 0.6 is 0 Å². The Morgan fingerprint density at radius 2 is 1.82 bits per heavy atom. The van der Waals surface area contributed by atoms with Gasteiger partial charge in [0.2, 0.25) is 0 Å². The van der Waals surface area contributed by atoms with Crippen molar-refractivity contribution in [2.24, 2.45) is 0 Å². The van der Waals surface area contributed by atoms with E-state index in [1.807, 2.05) is 36.4 Å². The maximum atomic E-state index is 12.2. The van der Waals surface area contributed by atoms with Crippen LogP contribution in [0.15, 0.2) is 48.5 Å². The van der Waals surface area contributed by atoms with Gasteiger partial charge in [0.1, 0.15) is 5.75 Å². The molecule has 8 heteroatoms. The van der Waals surface area contributed by atoms with Crippen LogP contribution in [0, 0.1) is 11.3 Å². The van der Waals surface area contributed by atoms with Gasteiger partial charge in [-0.25, -0.2) is 0 Å². The summed E-state index contributed by atoms with van der Waals surface area (Å²) in [6.45, 7) is 4.70. The highest BCUT2D eigenvalue weighted by Gasteiger charge is 2.25. The molecule has 0 bridgehead atoms. The highest BCUT2D eigenvalue weighted by atomic mass is 16.5. The number of carbonyl (C=O) groups excluding carboxylic acids is 2. The summed E-state index contributed by atoms with van der Waals surface area (Å²) in [6.07, 6.45) is -0.195. The highest BCUT2D eigenvalue weighted by Crippen LogP contribution is 2.25. The van der Waals surface area contributed by atoms with Crippen molar-refractivity contribution in [3.05, 3.63) is 65.2 Å². The van der Waals surface area contributed by atoms with E-state index in [1.54, 1.807) is 24.1 Å². The number of ether oxygens (including phenoxy) is 3. The average molecular weight is 452 g/mol. The first-order valence-corrected chi connectivity index (χ1v) is 10.9. The molecule has 0 unspecified atom stereocenters. The molecule has 0 spiro atoms. The van der Waals surface area contributed by atoms with Gasteiger partial charge in [-0.3, -0.25) is 14.5 Å². The molecule has 0 saturated carbocycles. The van der Waals surface area contributed by atoms with Crippen LogP contribution in [0.2, 0.25) is 0 Å². The van der Waals surface area contributed by atoms with Gasteiger partial charge in [0, 0.05) is 39.6 Å². The molecule has 33 heavy (non-hydrogen) atoms. The summed E-state index contributed by atoms with van der Waals surface area (Å²) in [6, 6.07) is 17.3. The normalized spacial score (nSPS) is 14.9. The Balaban J connectivity index is 1.62. The zero-order valence-electron chi connectivity index (χ0n) is 19.0. The van der Waals surface area contributed by atoms with E-state index in [4.69, 9.17) is 19.5 Å². The first-order chi connectivity index (χ1) is 16.0. The van der Waals surface area contributed by atoms with Gasteiger partial charge in [-0.2, -0.15) is 5.26 Å². The SMILES string of the molecule is COc1cccc([C@@H](CN2CCN(C(=O)COC(C)=O)CC2)OCc2ccc(C#N)cc2)c1. The minimum absolute atomic E-state index is 0.175. The fourth-order valence-electron chi connectivity index (χ4n) is 3.64. The molecule has 8 nitrogen and oxygen atoms in total. The summed E-state index contributed by atoms with van der Waals surface area (Å²) in [5.41, 5.74) is 2.61. The molecule has 0 aromatic heterocycles. The smallest absolute Gasteiger partial charge is 0.303 e. The number of hydrogen-bond acceptors (Lipinski definition) is 7. The van der Waals surface area contributed by atoms with Crippen LogP contribution in [0.25, 0.3) is 0 Å². The van der Waals surface area contributed by atoms with E-state index in [-0.39, 0.29) is 18.6 Å². The fourth-order valence-corrected chi connectivity index (χ4v) is 3.64. The number of benzene rings is 2. The number of esters is 1. The van der Waals surface area contributed by atoms with Crippen molar-refractivity contribution in [2.45, 2.75) is 19.6 Å². The minimum atomic E-state index is -0.456. The molecule has 1 heterocycles. The molecule has 1 saturated heterocycles. The summed E-state index contributed by atoms with van der Waals surface area (Å²) in [5.74, 6) is 0.133. The van der Waals surface area contributed by atoms with E-state index in [0.717, 1.165) is 16.9 Å². The lowest BCUT2D eigenvalue weighted by Crippen LogP contribution is -2.50. The molecule has 1 amide bonds. The van der Waals surface area contributed by atoms with E-state index < -0.39 is 5.97 Å². The summed E-state index contributed by atoms with van der Waals surface area (Å²) >= 11 is 0. The number of amides is 1. The topological polar surface area (TPSA) is 92.1 Å². The maximum Gasteiger partial charge on any atom is 0.303 e. The zero-order valence-corrected chi connectivity index (χ0v) is 19.0. The molecule has 0 N–H and O–H groups in total. The van der Waals surface area contributed by atoms with Crippen molar-refractivity contribution in [2.75, 3.05) is 46.4 Å². The third-order valence-corrected chi connectivity index (χ3v) is 5.55. The Morgan fingerprint density at radius 1 is 1.09 bits per heavy atom. The van der Waals surface area contributed by atoms with Gasteiger partial charge in [0.25, 0.3) is 5.91 Å². The van der Waals surface area contributed by atoms with Crippen LogP contribution in [0.5, 0.6) is 5.75 Å². The van der Waals surface area contributed by atoms with E-state index in [1.165, 1.54) is 6.92 Å². The van der Waals surface area contributed by atoms with Crippen LogP contribution in [0.4, 0.5) is 0 Å². The van der Waals surface area contributed by atoms with Gasteiger partial charge in [0.15, 0.2) is 6.61 Å². The summed E-state index contributed by atoms with van der Waals surface area (Å²) in [7, 11) is 1.64. The third-order valence-electron chi connectivity index (χ3n) is 5.55. The van der Waals surface area contributed by atoms with Crippen molar-refractivity contribution < 1.29 is 23.8 Å².